The molecule has 1 aliphatic heterocycles. The standard InChI is InChI=1S/C22H36O4Si/c1-7-27(8-2,9-3)26-25-20(16-22(6)14-15-24-21(22)23)19-13-11-10-12-18(19)17(4)5/h10-13,17,20H,7-9,14-16H2,1-6H3. The molecule has 5 heteroatoms. The van der Waals surface area contributed by atoms with Gasteiger partial charge in [-0.2, -0.15) is 0 Å². The van der Waals surface area contributed by atoms with E-state index in [-0.39, 0.29) is 12.1 Å². The summed E-state index contributed by atoms with van der Waals surface area (Å²) in [6.07, 6.45) is 1.04. The molecule has 2 unspecified atom stereocenters. The Morgan fingerprint density at radius 3 is 2.19 bits per heavy atom. The number of hydrogen-bond acceptors (Lipinski definition) is 4. The van der Waals surface area contributed by atoms with Crippen LogP contribution < -0.4 is 0 Å². The summed E-state index contributed by atoms with van der Waals surface area (Å²) in [6, 6.07) is 11.4. The highest BCUT2D eigenvalue weighted by atomic mass is 28.4. The van der Waals surface area contributed by atoms with Gasteiger partial charge in [-0.3, -0.25) is 9.37 Å². The van der Waals surface area contributed by atoms with Crippen LogP contribution in [0.2, 0.25) is 18.1 Å². The summed E-state index contributed by atoms with van der Waals surface area (Å²) in [7, 11) is -1.89. The minimum Gasteiger partial charge on any atom is -0.465 e. The molecule has 1 aromatic carbocycles. The van der Waals surface area contributed by atoms with Gasteiger partial charge in [0.15, 0.2) is 0 Å². The van der Waals surface area contributed by atoms with Gasteiger partial charge in [-0.25, -0.2) is 4.89 Å². The third kappa shape index (κ3) is 5.01. The molecule has 2 rings (SSSR count). The molecule has 1 heterocycles. The highest BCUT2D eigenvalue weighted by molar-refractivity contribution is 6.73. The predicted molar refractivity (Wildman–Crippen MR) is 111 cm³/mol. The number of rotatable bonds is 10. The normalized spacial score (nSPS) is 21.5. The Balaban J connectivity index is 2.33. The summed E-state index contributed by atoms with van der Waals surface area (Å²) in [5.74, 6) is 0.254. The van der Waals surface area contributed by atoms with E-state index < -0.39 is 13.7 Å². The molecule has 0 radical (unpaired) electrons. The Morgan fingerprint density at radius 1 is 1.11 bits per heavy atom. The Bertz CT molecular complexity index is 618. The maximum Gasteiger partial charge on any atom is 0.312 e. The summed E-state index contributed by atoms with van der Waals surface area (Å²) >= 11 is 0. The lowest BCUT2D eigenvalue weighted by atomic mass is 9.80. The minimum atomic E-state index is -1.89. The molecule has 1 aromatic rings. The molecule has 0 aliphatic carbocycles. The molecule has 152 valence electrons. The monoisotopic (exact) mass is 392 g/mol. The van der Waals surface area contributed by atoms with E-state index in [2.05, 4.69) is 52.8 Å². The third-order valence-electron chi connectivity index (χ3n) is 6.25. The van der Waals surface area contributed by atoms with Crippen LogP contribution in [0.4, 0.5) is 0 Å². The molecule has 0 N–H and O–H groups in total. The molecule has 2 atom stereocenters. The second kappa shape index (κ2) is 9.35. The van der Waals surface area contributed by atoms with Crippen molar-refractivity contribution >= 4 is 14.3 Å². The van der Waals surface area contributed by atoms with Gasteiger partial charge < -0.3 is 4.74 Å². The van der Waals surface area contributed by atoms with Crippen molar-refractivity contribution in [1.82, 2.24) is 0 Å². The molecular formula is C22H36O4Si. The van der Waals surface area contributed by atoms with Crippen LogP contribution in [0.1, 0.15) is 77.5 Å². The summed E-state index contributed by atoms with van der Waals surface area (Å²) in [6.45, 7) is 13.4. The Labute approximate surface area is 165 Å². The molecule has 27 heavy (non-hydrogen) atoms. The largest absolute Gasteiger partial charge is 0.465 e. The van der Waals surface area contributed by atoms with Gasteiger partial charge in [0.1, 0.15) is 6.10 Å². The van der Waals surface area contributed by atoms with Crippen LogP contribution in [0, 0.1) is 5.41 Å². The van der Waals surface area contributed by atoms with E-state index >= 15 is 0 Å². The van der Waals surface area contributed by atoms with Crippen molar-refractivity contribution in [2.45, 2.75) is 84.5 Å². The fourth-order valence-corrected chi connectivity index (χ4v) is 6.03. The maximum atomic E-state index is 12.3. The molecular weight excluding hydrogens is 356 g/mol. The van der Waals surface area contributed by atoms with E-state index in [1.807, 2.05) is 13.0 Å². The van der Waals surface area contributed by atoms with Gasteiger partial charge in [0.25, 0.3) is 0 Å². The van der Waals surface area contributed by atoms with Crippen molar-refractivity contribution in [2.75, 3.05) is 6.61 Å². The fraction of sp³-hybridized carbons (Fsp3) is 0.682. The van der Waals surface area contributed by atoms with Crippen molar-refractivity contribution in [1.29, 1.82) is 0 Å². The third-order valence-corrected chi connectivity index (χ3v) is 10.6. The summed E-state index contributed by atoms with van der Waals surface area (Å²) in [4.78, 5) is 18.5. The SMILES string of the molecule is CC[Si](CC)(CC)OOC(CC1(C)CCOC1=O)c1ccccc1C(C)C. The van der Waals surface area contributed by atoms with Crippen LogP contribution in [0.3, 0.4) is 0 Å². The Kier molecular flexibility index (Phi) is 7.66. The topological polar surface area (TPSA) is 44.8 Å². The second-order valence-electron chi connectivity index (χ2n) is 8.35. The zero-order valence-corrected chi connectivity index (χ0v) is 18.8. The van der Waals surface area contributed by atoms with E-state index in [9.17, 15) is 4.79 Å². The number of carbonyl (C=O) groups excluding carboxylic acids is 1. The van der Waals surface area contributed by atoms with Gasteiger partial charge in [-0.05, 0) is 54.9 Å². The van der Waals surface area contributed by atoms with Crippen molar-refractivity contribution < 1.29 is 19.0 Å². The van der Waals surface area contributed by atoms with Gasteiger partial charge in [0.2, 0.25) is 8.32 Å². The Morgan fingerprint density at radius 2 is 1.70 bits per heavy atom. The van der Waals surface area contributed by atoms with Crippen LogP contribution in [0.15, 0.2) is 24.3 Å². The zero-order chi connectivity index (χ0) is 20.1. The summed E-state index contributed by atoms with van der Waals surface area (Å²) in [5.41, 5.74) is 1.85. The van der Waals surface area contributed by atoms with Crippen molar-refractivity contribution in [3.05, 3.63) is 35.4 Å². The van der Waals surface area contributed by atoms with E-state index in [0.717, 1.165) is 30.1 Å². The van der Waals surface area contributed by atoms with Gasteiger partial charge in [0, 0.05) is 0 Å². The van der Waals surface area contributed by atoms with E-state index in [1.54, 1.807) is 0 Å². The van der Waals surface area contributed by atoms with Crippen molar-refractivity contribution in [3.8, 4) is 0 Å². The lowest BCUT2D eigenvalue weighted by molar-refractivity contribution is -0.266. The highest BCUT2D eigenvalue weighted by Gasteiger charge is 2.43. The molecule has 0 spiro atoms. The van der Waals surface area contributed by atoms with Gasteiger partial charge >= 0.3 is 5.97 Å². The van der Waals surface area contributed by atoms with E-state index in [4.69, 9.17) is 14.2 Å². The second-order valence-corrected chi connectivity index (χ2v) is 13.0. The minimum absolute atomic E-state index is 0.122. The van der Waals surface area contributed by atoms with Crippen molar-refractivity contribution in [3.63, 3.8) is 0 Å². The average molecular weight is 393 g/mol. The molecule has 0 aromatic heterocycles. The first-order valence-electron chi connectivity index (χ1n) is 10.4. The zero-order valence-electron chi connectivity index (χ0n) is 17.8. The number of ether oxygens (including phenoxy) is 1. The number of esters is 1. The average Bonchev–Trinajstić information content (AvgIpc) is 3.00. The van der Waals surface area contributed by atoms with Crippen LogP contribution in [0.25, 0.3) is 0 Å². The first kappa shape index (κ1) is 22.1. The quantitative estimate of drug-likeness (QED) is 0.207. The maximum absolute atomic E-state index is 12.3. The number of cyclic esters (lactones) is 1. The van der Waals surface area contributed by atoms with Crippen LogP contribution in [0.5, 0.6) is 0 Å². The summed E-state index contributed by atoms with van der Waals surface area (Å²) < 4.78 is 11.5. The number of carbonyl (C=O) groups is 1. The van der Waals surface area contributed by atoms with Crippen LogP contribution in [-0.2, 0) is 19.0 Å². The van der Waals surface area contributed by atoms with Crippen LogP contribution >= 0.6 is 0 Å². The fourth-order valence-electron chi connectivity index (χ4n) is 3.85. The van der Waals surface area contributed by atoms with Gasteiger partial charge in [0.05, 0.1) is 12.0 Å². The van der Waals surface area contributed by atoms with Crippen LogP contribution in [-0.4, -0.2) is 20.9 Å². The van der Waals surface area contributed by atoms with Crippen molar-refractivity contribution in [2.24, 2.45) is 5.41 Å². The molecule has 0 saturated carbocycles. The van der Waals surface area contributed by atoms with E-state index in [1.165, 1.54) is 5.56 Å². The molecule has 4 nitrogen and oxygen atoms in total. The van der Waals surface area contributed by atoms with E-state index in [0.29, 0.717) is 18.9 Å². The lowest BCUT2D eigenvalue weighted by Crippen LogP contribution is -2.37. The number of hydrogen-bond donors (Lipinski definition) is 0. The first-order chi connectivity index (χ1) is 12.8. The van der Waals surface area contributed by atoms with Gasteiger partial charge in [-0.1, -0.05) is 58.9 Å². The molecule has 0 amide bonds. The van der Waals surface area contributed by atoms with Gasteiger partial charge in [-0.15, -0.1) is 0 Å². The Hall–Kier alpha value is -1.17. The highest BCUT2D eigenvalue weighted by Crippen LogP contribution is 2.42. The first-order valence-corrected chi connectivity index (χ1v) is 12.9. The lowest BCUT2D eigenvalue weighted by Gasteiger charge is -2.32. The predicted octanol–water partition coefficient (Wildman–Crippen LogP) is 6.15. The molecule has 1 fully saturated rings. The smallest absolute Gasteiger partial charge is 0.312 e. The summed E-state index contributed by atoms with van der Waals surface area (Å²) in [5, 5.41) is 0. The molecule has 1 saturated heterocycles. The molecule has 0 bridgehead atoms. The molecule has 1 aliphatic rings. The number of benzene rings is 1.